The Morgan fingerprint density at radius 1 is 0.971 bits per heavy atom. The molecule has 3 aromatic carbocycles. The van der Waals surface area contributed by atoms with Crippen LogP contribution in [0, 0.1) is 6.42 Å². The van der Waals surface area contributed by atoms with Crippen molar-refractivity contribution in [3.63, 3.8) is 0 Å². The standard InChI is InChI=1S/C29H24ClN4O/c30-27-22-9-4-5-10-23(22)32-28(27)21-14-12-20(13-15-21)24-18-31-29(33-24)25-11-6-16-34(25)26(35)17-19-7-2-1-3-8-19/h1-5,7-10,12-15,17-18,25,32H,6,11,16H2,(H,31,33)/t25-/m0/s1. The number of imidazole rings is 1. The Bertz CT molecular complexity index is 1490. The minimum Gasteiger partial charge on any atom is -0.353 e. The number of fused-ring (bicyclic) bond motifs is 1. The number of benzene rings is 3. The topological polar surface area (TPSA) is 64.8 Å². The van der Waals surface area contributed by atoms with Crippen LogP contribution in [0.15, 0.2) is 85.1 Å². The lowest BCUT2D eigenvalue weighted by Gasteiger charge is -2.23. The number of carbonyl (C=O) groups excluding carboxylic acids is 1. The number of aromatic amines is 2. The summed E-state index contributed by atoms with van der Waals surface area (Å²) in [5.74, 6) is 0.853. The summed E-state index contributed by atoms with van der Waals surface area (Å²) in [5.41, 5.74) is 5.75. The van der Waals surface area contributed by atoms with Crippen LogP contribution in [0.25, 0.3) is 33.4 Å². The first kappa shape index (κ1) is 21.7. The van der Waals surface area contributed by atoms with Crippen LogP contribution in [0.5, 0.6) is 0 Å². The SMILES string of the molecule is O=C([CH]c1ccccc1)N1CCC[C@H]1c1nc(-c2ccc(-c3[nH]c4ccccc4c3Cl)cc2)c[nH]1. The molecule has 5 aromatic rings. The molecule has 1 atom stereocenters. The summed E-state index contributed by atoms with van der Waals surface area (Å²) in [6.45, 7) is 0.739. The second-order valence-electron chi connectivity index (χ2n) is 8.85. The third kappa shape index (κ3) is 4.13. The summed E-state index contributed by atoms with van der Waals surface area (Å²) in [6, 6.07) is 25.9. The molecule has 3 heterocycles. The van der Waals surface area contributed by atoms with E-state index in [9.17, 15) is 4.79 Å². The zero-order chi connectivity index (χ0) is 23.8. The third-order valence-corrected chi connectivity index (χ3v) is 7.04. The summed E-state index contributed by atoms with van der Waals surface area (Å²) in [4.78, 5) is 26.5. The van der Waals surface area contributed by atoms with Gasteiger partial charge in [0.05, 0.1) is 28.9 Å². The average Bonchev–Trinajstić information content (AvgIpc) is 3.64. The number of nitrogens with zero attached hydrogens (tertiary/aromatic N) is 2. The number of hydrogen-bond donors (Lipinski definition) is 2. The molecular weight excluding hydrogens is 456 g/mol. The maximum atomic E-state index is 13.0. The summed E-state index contributed by atoms with van der Waals surface area (Å²) >= 11 is 6.63. The van der Waals surface area contributed by atoms with E-state index in [1.165, 1.54) is 0 Å². The van der Waals surface area contributed by atoms with Crippen molar-refractivity contribution in [3.05, 3.63) is 108 Å². The number of halogens is 1. The Morgan fingerprint density at radius 2 is 1.71 bits per heavy atom. The molecule has 1 amide bonds. The molecule has 0 spiro atoms. The molecule has 1 saturated heterocycles. The van der Waals surface area contributed by atoms with Crippen molar-refractivity contribution in [2.45, 2.75) is 18.9 Å². The van der Waals surface area contributed by atoms with E-state index in [0.29, 0.717) is 0 Å². The number of rotatable bonds is 5. The van der Waals surface area contributed by atoms with E-state index >= 15 is 0 Å². The Balaban J connectivity index is 1.21. The van der Waals surface area contributed by atoms with E-state index in [4.69, 9.17) is 16.6 Å². The predicted molar refractivity (Wildman–Crippen MR) is 140 cm³/mol. The second-order valence-corrected chi connectivity index (χ2v) is 9.23. The minimum absolute atomic E-state index is 0.0243. The van der Waals surface area contributed by atoms with Crippen LogP contribution in [0.1, 0.15) is 30.3 Å². The molecule has 2 aromatic heterocycles. The quantitative estimate of drug-likeness (QED) is 0.291. The Kier molecular flexibility index (Phi) is 5.63. The maximum Gasteiger partial charge on any atom is 0.231 e. The van der Waals surface area contributed by atoms with Gasteiger partial charge in [0.25, 0.3) is 0 Å². The van der Waals surface area contributed by atoms with E-state index in [1.807, 2.05) is 65.7 Å². The number of hydrogen-bond acceptors (Lipinski definition) is 2. The number of likely N-dealkylation sites (tertiary alicyclic amines) is 1. The fraction of sp³-hybridized carbons (Fsp3) is 0.138. The molecule has 0 bridgehead atoms. The van der Waals surface area contributed by atoms with Gasteiger partial charge in [-0.3, -0.25) is 4.79 Å². The van der Waals surface area contributed by atoms with Crippen LogP contribution in [0.4, 0.5) is 0 Å². The van der Waals surface area contributed by atoms with Gasteiger partial charge >= 0.3 is 0 Å². The lowest BCUT2D eigenvalue weighted by atomic mass is 10.1. The van der Waals surface area contributed by atoms with Gasteiger partial charge < -0.3 is 14.9 Å². The Morgan fingerprint density at radius 3 is 2.51 bits per heavy atom. The van der Waals surface area contributed by atoms with Gasteiger partial charge in [0.1, 0.15) is 5.82 Å². The molecule has 1 fully saturated rings. The Labute approximate surface area is 208 Å². The van der Waals surface area contributed by atoms with Gasteiger partial charge in [-0.2, -0.15) is 0 Å². The van der Waals surface area contributed by atoms with Crippen molar-refractivity contribution in [1.29, 1.82) is 0 Å². The predicted octanol–water partition coefficient (Wildman–Crippen LogP) is 6.79. The summed E-state index contributed by atoms with van der Waals surface area (Å²) in [6.07, 6.45) is 5.49. The number of aromatic nitrogens is 3. The molecular formula is C29H24ClN4O. The molecule has 0 unspecified atom stereocenters. The highest BCUT2D eigenvalue weighted by molar-refractivity contribution is 6.38. The highest BCUT2D eigenvalue weighted by Gasteiger charge is 2.32. The fourth-order valence-electron chi connectivity index (χ4n) is 4.86. The highest BCUT2D eigenvalue weighted by atomic mass is 35.5. The zero-order valence-electron chi connectivity index (χ0n) is 19.0. The van der Waals surface area contributed by atoms with Crippen molar-refractivity contribution in [2.75, 3.05) is 6.54 Å². The van der Waals surface area contributed by atoms with Crippen molar-refractivity contribution in [1.82, 2.24) is 19.9 Å². The molecule has 1 radical (unpaired) electrons. The average molecular weight is 480 g/mol. The molecule has 2 N–H and O–H groups in total. The molecule has 1 aliphatic rings. The zero-order valence-corrected chi connectivity index (χ0v) is 19.8. The lowest BCUT2D eigenvalue weighted by molar-refractivity contribution is -0.128. The van der Waals surface area contributed by atoms with Gasteiger partial charge in [0, 0.05) is 29.2 Å². The number of carbonyl (C=O) groups is 1. The van der Waals surface area contributed by atoms with Crippen LogP contribution in [0.2, 0.25) is 5.02 Å². The normalized spacial score (nSPS) is 15.7. The number of H-pyrrole nitrogens is 2. The van der Waals surface area contributed by atoms with Crippen molar-refractivity contribution < 1.29 is 4.79 Å². The van der Waals surface area contributed by atoms with E-state index < -0.39 is 0 Å². The van der Waals surface area contributed by atoms with Crippen LogP contribution in [-0.2, 0) is 4.79 Å². The van der Waals surface area contributed by atoms with Gasteiger partial charge in [-0.05, 0) is 30.0 Å². The third-order valence-electron chi connectivity index (χ3n) is 6.65. The van der Waals surface area contributed by atoms with Crippen molar-refractivity contribution in [2.24, 2.45) is 0 Å². The van der Waals surface area contributed by atoms with Crippen LogP contribution in [0.3, 0.4) is 0 Å². The molecule has 6 heteroatoms. The van der Waals surface area contributed by atoms with E-state index in [1.54, 1.807) is 6.42 Å². The van der Waals surface area contributed by atoms with Crippen molar-refractivity contribution in [3.8, 4) is 22.5 Å². The van der Waals surface area contributed by atoms with E-state index in [-0.39, 0.29) is 11.9 Å². The molecule has 35 heavy (non-hydrogen) atoms. The Hall–Kier alpha value is -3.83. The lowest BCUT2D eigenvalue weighted by Crippen LogP contribution is -2.31. The first-order chi connectivity index (χ1) is 17.2. The highest BCUT2D eigenvalue weighted by Crippen LogP contribution is 2.36. The number of amides is 1. The van der Waals surface area contributed by atoms with Crippen molar-refractivity contribution >= 4 is 28.4 Å². The first-order valence-corrected chi connectivity index (χ1v) is 12.2. The van der Waals surface area contributed by atoms with Gasteiger partial charge in [-0.25, -0.2) is 4.98 Å². The molecule has 0 aliphatic carbocycles. The van der Waals surface area contributed by atoms with Crippen LogP contribution < -0.4 is 0 Å². The second kappa shape index (κ2) is 9.08. The van der Waals surface area contributed by atoms with E-state index in [2.05, 4.69) is 34.2 Å². The van der Waals surface area contributed by atoms with Gasteiger partial charge in [0.2, 0.25) is 5.91 Å². The molecule has 173 valence electrons. The van der Waals surface area contributed by atoms with E-state index in [0.717, 1.165) is 69.2 Å². The smallest absolute Gasteiger partial charge is 0.231 e. The molecule has 5 nitrogen and oxygen atoms in total. The minimum atomic E-state index is -0.0411. The summed E-state index contributed by atoms with van der Waals surface area (Å²) in [7, 11) is 0. The molecule has 6 rings (SSSR count). The van der Waals surface area contributed by atoms with Crippen LogP contribution in [-0.4, -0.2) is 32.3 Å². The maximum absolute atomic E-state index is 13.0. The van der Waals surface area contributed by atoms with Gasteiger partial charge in [-0.15, -0.1) is 0 Å². The summed E-state index contributed by atoms with van der Waals surface area (Å²) in [5, 5.41) is 1.75. The number of para-hydroxylation sites is 1. The molecule has 1 aliphatic heterocycles. The first-order valence-electron chi connectivity index (χ1n) is 11.8. The van der Waals surface area contributed by atoms with Gasteiger partial charge in [-0.1, -0.05) is 84.4 Å². The fourth-order valence-corrected chi connectivity index (χ4v) is 5.18. The monoisotopic (exact) mass is 479 g/mol. The molecule has 0 saturated carbocycles. The van der Waals surface area contributed by atoms with Gasteiger partial charge in [0.15, 0.2) is 0 Å². The number of nitrogens with one attached hydrogen (secondary N) is 2. The van der Waals surface area contributed by atoms with Crippen LogP contribution >= 0.6 is 11.6 Å². The summed E-state index contributed by atoms with van der Waals surface area (Å²) < 4.78 is 0. The largest absolute Gasteiger partial charge is 0.353 e.